The van der Waals surface area contributed by atoms with E-state index >= 15 is 0 Å². The second-order valence-electron chi connectivity index (χ2n) is 6.16. The zero-order chi connectivity index (χ0) is 16.6. The molecule has 1 aromatic carbocycles. The number of aliphatic hydroxyl groups excluding tert-OH is 1. The van der Waals surface area contributed by atoms with Crippen molar-refractivity contribution in [3.05, 3.63) is 35.1 Å². The number of halogens is 3. The number of carbonyl (C=O) groups excluding carboxylic acids is 1. The summed E-state index contributed by atoms with van der Waals surface area (Å²) in [7, 11) is 0. The van der Waals surface area contributed by atoms with Gasteiger partial charge in [-0.3, -0.25) is 9.69 Å². The van der Waals surface area contributed by atoms with Crippen molar-refractivity contribution < 1.29 is 23.1 Å². The zero-order valence-corrected chi connectivity index (χ0v) is 12.6. The average Bonchev–Trinajstić information content (AvgIpc) is 2.95. The molecule has 3 rings (SSSR count). The van der Waals surface area contributed by atoms with Crippen molar-refractivity contribution in [1.29, 1.82) is 0 Å². The first-order valence-corrected chi connectivity index (χ1v) is 7.84. The van der Waals surface area contributed by atoms with Gasteiger partial charge in [-0.2, -0.15) is 0 Å². The molecule has 2 heterocycles. The summed E-state index contributed by atoms with van der Waals surface area (Å²) in [6.07, 6.45) is 2.54. The SMILES string of the molecule is O=C(c1ccc(F)c(F)c1F)N1C[C@H](O)[C@@H](N2CCCCC2)C1. The molecule has 1 N–H and O–H groups in total. The lowest BCUT2D eigenvalue weighted by molar-refractivity contribution is 0.0702. The van der Waals surface area contributed by atoms with Crippen LogP contribution in [0.15, 0.2) is 12.1 Å². The Kier molecular flexibility index (Phi) is 4.59. The third-order valence-electron chi connectivity index (χ3n) is 4.67. The largest absolute Gasteiger partial charge is 0.390 e. The zero-order valence-electron chi connectivity index (χ0n) is 12.6. The van der Waals surface area contributed by atoms with E-state index in [1.807, 2.05) is 0 Å². The molecule has 0 saturated carbocycles. The summed E-state index contributed by atoms with van der Waals surface area (Å²) in [5.74, 6) is -5.18. The minimum absolute atomic E-state index is 0.0679. The van der Waals surface area contributed by atoms with Crippen molar-refractivity contribution >= 4 is 5.91 Å². The summed E-state index contributed by atoms with van der Waals surface area (Å²) in [5, 5.41) is 10.2. The highest BCUT2D eigenvalue weighted by atomic mass is 19.2. The lowest BCUT2D eigenvalue weighted by Crippen LogP contribution is -2.46. The Morgan fingerprint density at radius 1 is 1.04 bits per heavy atom. The fourth-order valence-corrected chi connectivity index (χ4v) is 3.41. The quantitative estimate of drug-likeness (QED) is 0.842. The van der Waals surface area contributed by atoms with Crippen molar-refractivity contribution in [3.63, 3.8) is 0 Å². The fourth-order valence-electron chi connectivity index (χ4n) is 3.41. The Labute approximate surface area is 132 Å². The predicted octanol–water partition coefficient (Wildman–Crippen LogP) is 1.78. The molecule has 2 saturated heterocycles. The van der Waals surface area contributed by atoms with E-state index in [9.17, 15) is 23.1 Å². The number of β-amino-alcohol motifs (C(OH)–C–C–N with tert-alkyl or cyclic N) is 1. The molecule has 0 aliphatic carbocycles. The van der Waals surface area contributed by atoms with Crippen molar-refractivity contribution in [2.24, 2.45) is 0 Å². The molecule has 1 amide bonds. The van der Waals surface area contributed by atoms with Gasteiger partial charge in [-0.15, -0.1) is 0 Å². The van der Waals surface area contributed by atoms with E-state index in [-0.39, 0.29) is 19.1 Å². The third kappa shape index (κ3) is 3.07. The van der Waals surface area contributed by atoms with Crippen LogP contribution in [0.25, 0.3) is 0 Å². The van der Waals surface area contributed by atoms with Crippen molar-refractivity contribution in [2.45, 2.75) is 31.4 Å². The molecule has 2 aliphatic rings. The topological polar surface area (TPSA) is 43.8 Å². The maximum Gasteiger partial charge on any atom is 0.257 e. The number of piperidine rings is 1. The van der Waals surface area contributed by atoms with E-state index in [4.69, 9.17) is 0 Å². The van der Waals surface area contributed by atoms with Crippen LogP contribution >= 0.6 is 0 Å². The Bertz CT molecular complexity index is 605. The number of hydrogen-bond donors (Lipinski definition) is 1. The summed E-state index contributed by atoms with van der Waals surface area (Å²) < 4.78 is 40.1. The molecule has 126 valence electrons. The van der Waals surface area contributed by atoms with E-state index < -0.39 is 35.0 Å². The molecule has 4 nitrogen and oxygen atoms in total. The third-order valence-corrected chi connectivity index (χ3v) is 4.67. The van der Waals surface area contributed by atoms with Crippen LogP contribution in [-0.2, 0) is 0 Å². The van der Waals surface area contributed by atoms with E-state index in [1.165, 1.54) is 4.90 Å². The van der Waals surface area contributed by atoms with E-state index in [0.717, 1.165) is 44.5 Å². The molecule has 1 aromatic rings. The van der Waals surface area contributed by atoms with Gasteiger partial charge in [0.1, 0.15) is 0 Å². The number of aliphatic hydroxyl groups is 1. The molecule has 2 atom stereocenters. The van der Waals surface area contributed by atoms with Crippen LogP contribution in [0.5, 0.6) is 0 Å². The van der Waals surface area contributed by atoms with Crippen LogP contribution in [0, 0.1) is 17.5 Å². The monoisotopic (exact) mass is 328 g/mol. The van der Waals surface area contributed by atoms with Gasteiger partial charge in [0.05, 0.1) is 17.7 Å². The van der Waals surface area contributed by atoms with E-state index in [1.54, 1.807) is 0 Å². The maximum absolute atomic E-state index is 13.8. The molecule has 2 fully saturated rings. The molecule has 2 aliphatic heterocycles. The Hall–Kier alpha value is -1.60. The number of likely N-dealkylation sites (tertiary alicyclic amines) is 2. The van der Waals surface area contributed by atoms with Crippen LogP contribution in [0.2, 0.25) is 0 Å². The first-order chi connectivity index (χ1) is 11.0. The van der Waals surface area contributed by atoms with Crippen LogP contribution < -0.4 is 0 Å². The van der Waals surface area contributed by atoms with Gasteiger partial charge in [-0.1, -0.05) is 6.42 Å². The van der Waals surface area contributed by atoms with Crippen LogP contribution in [0.3, 0.4) is 0 Å². The molecule has 0 radical (unpaired) electrons. The Balaban J connectivity index is 1.75. The van der Waals surface area contributed by atoms with E-state index in [2.05, 4.69) is 4.90 Å². The first-order valence-electron chi connectivity index (χ1n) is 7.84. The molecule has 0 unspecified atom stereocenters. The maximum atomic E-state index is 13.8. The summed E-state index contributed by atoms with van der Waals surface area (Å²) in [4.78, 5) is 15.8. The molecule has 0 aromatic heterocycles. The molecular formula is C16H19F3N2O2. The van der Waals surface area contributed by atoms with E-state index in [0.29, 0.717) is 0 Å². The second-order valence-corrected chi connectivity index (χ2v) is 6.16. The average molecular weight is 328 g/mol. The van der Waals surface area contributed by atoms with Gasteiger partial charge in [0, 0.05) is 13.1 Å². The highest BCUT2D eigenvalue weighted by molar-refractivity contribution is 5.94. The fraction of sp³-hybridized carbons (Fsp3) is 0.562. The molecule has 7 heteroatoms. The number of rotatable bonds is 2. The van der Waals surface area contributed by atoms with Gasteiger partial charge >= 0.3 is 0 Å². The van der Waals surface area contributed by atoms with Gasteiger partial charge < -0.3 is 10.0 Å². The molecule has 23 heavy (non-hydrogen) atoms. The number of amides is 1. The van der Waals surface area contributed by atoms with Crippen LogP contribution in [0.4, 0.5) is 13.2 Å². The van der Waals surface area contributed by atoms with Crippen molar-refractivity contribution in [1.82, 2.24) is 9.80 Å². The number of carbonyl (C=O) groups is 1. The summed E-state index contributed by atoms with van der Waals surface area (Å²) in [6, 6.07) is 1.49. The second kappa shape index (κ2) is 6.49. The normalized spacial score (nSPS) is 25.8. The highest BCUT2D eigenvalue weighted by Gasteiger charge is 2.39. The Morgan fingerprint density at radius 3 is 2.43 bits per heavy atom. The highest BCUT2D eigenvalue weighted by Crippen LogP contribution is 2.24. The minimum atomic E-state index is -1.65. The molecule has 0 bridgehead atoms. The lowest BCUT2D eigenvalue weighted by Gasteiger charge is -2.33. The van der Waals surface area contributed by atoms with Crippen molar-refractivity contribution in [3.8, 4) is 0 Å². The van der Waals surface area contributed by atoms with Gasteiger partial charge in [-0.25, -0.2) is 13.2 Å². The van der Waals surface area contributed by atoms with Gasteiger partial charge in [0.2, 0.25) is 0 Å². The minimum Gasteiger partial charge on any atom is -0.390 e. The summed E-state index contributed by atoms with van der Waals surface area (Å²) in [6.45, 7) is 2.06. The number of nitrogens with zero attached hydrogens (tertiary/aromatic N) is 2. The lowest BCUT2D eigenvalue weighted by atomic mass is 10.1. The van der Waals surface area contributed by atoms with Crippen LogP contribution in [0.1, 0.15) is 29.6 Å². The predicted molar refractivity (Wildman–Crippen MR) is 77.4 cm³/mol. The van der Waals surface area contributed by atoms with Crippen LogP contribution in [-0.4, -0.2) is 59.1 Å². The molecule has 0 spiro atoms. The van der Waals surface area contributed by atoms with Crippen molar-refractivity contribution in [2.75, 3.05) is 26.2 Å². The molecular weight excluding hydrogens is 309 g/mol. The van der Waals surface area contributed by atoms with Gasteiger partial charge in [-0.05, 0) is 38.1 Å². The summed E-state index contributed by atoms with van der Waals surface area (Å²) >= 11 is 0. The Morgan fingerprint density at radius 2 is 1.74 bits per heavy atom. The number of hydrogen-bond acceptors (Lipinski definition) is 3. The first kappa shape index (κ1) is 16.3. The number of benzene rings is 1. The van der Waals surface area contributed by atoms with Gasteiger partial charge in [0.25, 0.3) is 5.91 Å². The standard InChI is InChI=1S/C16H19F3N2O2/c17-11-5-4-10(14(18)15(11)19)16(23)21-8-12(13(22)9-21)20-6-2-1-3-7-20/h4-5,12-13,22H,1-3,6-9H2/t12-,13-/m0/s1. The summed E-state index contributed by atoms with van der Waals surface area (Å²) in [5.41, 5.74) is -0.504. The smallest absolute Gasteiger partial charge is 0.257 e. The van der Waals surface area contributed by atoms with Gasteiger partial charge in [0.15, 0.2) is 17.5 Å².